The number of hydrogen-bond donors (Lipinski definition) is 0. The molecule has 0 aliphatic heterocycles. The summed E-state index contributed by atoms with van der Waals surface area (Å²) >= 11 is 12.4. The maximum absolute atomic E-state index is 6.29. The van der Waals surface area contributed by atoms with Crippen LogP contribution in [0.4, 0.5) is 0 Å². The first-order chi connectivity index (χ1) is 17.5. The van der Waals surface area contributed by atoms with Gasteiger partial charge in [-0.05, 0) is 46.9 Å². The maximum atomic E-state index is 6.29. The number of rotatable bonds is 12. The minimum Gasteiger partial charge on any atom is -0.377 e. The number of halogens is 2. The molecular formula is C31H34Cl2N2O. The molecule has 0 amide bonds. The van der Waals surface area contributed by atoms with Gasteiger partial charge in [0.2, 0.25) is 0 Å². The third-order valence-corrected chi connectivity index (χ3v) is 6.19. The van der Waals surface area contributed by atoms with Crippen LogP contribution < -0.4 is 0 Å². The van der Waals surface area contributed by atoms with Crippen molar-refractivity contribution < 1.29 is 4.74 Å². The number of allylic oxidation sites excluding steroid dienone is 10. The van der Waals surface area contributed by atoms with E-state index >= 15 is 0 Å². The number of unbranched alkanes of at least 4 members (excludes halogenated alkanes) is 2. The molecule has 1 aromatic heterocycles. The van der Waals surface area contributed by atoms with Crippen LogP contribution >= 0.6 is 23.2 Å². The zero-order valence-corrected chi connectivity index (χ0v) is 22.6. The summed E-state index contributed by atoms with van der Waals surface area (Å²) in [6, 6.07) is 8.44. The van der Waals surface area contributed by atoms with E-state index in [4.69, 9.17) is 32.9 Å². The van der Waals surface area contributed by atoms with Crippen LogP contribution in [-0.2, 0) is 11.8 Å². The highest BCUT2D eigenvalue weighted by Gasteiger charge is 2.11. The van der Waals surface area contributed by atoms with Crippen molar-refractivity contribution in [2.24, 2.45) is 7.05 Å². The van der Waals surface area contributed by atoms with Crippen LogP contribution in [0.1, 0.15) is 55.3 Å². The monoisotopic (exact) mass is 520 g/mol. The Hall–Kier alpha value is -2.85. The van der Waals surface area contributed by atoms with Crippen molar-refractivity contribution in [2.75, 3.05) is 13.2 Å². The van der Waals surface area contributed by atoms with Crippen molar-refractivity contribution in [1.29, 1.82) is 0 Å². The average molecular weight is 522 g/mol. The maximum Gasteiger partial charge on any atom is 0.133 e. The number of benzene rings is 1. The molecule has 1 aliphatic rings. The van der Waals surface area contributed by atoms with E-state index in [2.05, 4.69) is 56.0 Å². The molecule has 1 aromatic carbocycles. The first kappa shape index (κ1) is 27.7. The number of aryl methyl sites for hydroxylation is 1. The van der Waals surface area contributed by atoms with E-state index in [9.17, 15) is 0 Å². The molecule has 0 N–H and O–H groups in total. The molecule has 0 unspecified atom stereocenters. The molecule has 0 saturated carbocycles. The fraction of sp³-hybridized carbons (Fsp3) is 0.258. The molecule has 3 nitrogen and oxygen atoms in total. The van der Waals surface area contributed by atoms with Gasteiger partial charge in [0.25, 0.3) is 0 Å². The molecule has 0 bridgehead atoms. The van der Waals surface area contributed by atoms with Crippen molar-refractivity contribution in [3.8, 4) is 0 Å². The van der Waals surface area contributed by atoms with Gasteiger partial charge in [-0.1, -0.05) is 110 Å². The number of aromatic nitrogens is 2. The Morgan fingerprint density at radius 3 is 2.69 bits per heavy atom. The van der Waals surface area contributed by atoms with Crippen molar-refractivity contribution >= 4 is 46.5 Å². The predicted octanol–water partition coefficient (Wildman–Crippen LogP) is 8.96. The SMILES string of the molecule is C=C/C=C(\C=C/COCCCCC)c1ccc(/C=C/c2nc(C3=CC=C(Cl)C=C(Cl)C3)cn2C)cc1. The Labute approximate surface area is 225 Å². The largest absolute Gasteiger partial charge is 0.377 e. The molecule has 2 aromatic rings. The summed E-state index contributed by atoms with van der Waals surface area (Å²) in [7, 11) is 1.99. The summed E-state index contributed by atoms with van der Waals surface area (Å²) < 4.78 is 7.69. The lowest BCUT2D eigenvalue weighted by Gasteiger charge is -2.04. The van der Waals surface area contributed by atoms with Crippen LogP contribution in [0.2, 0.25) is 0 Å². The second-order valence-electron chi connectivity index (χ2n) is 8.60. The fourth-order valence-electron chi connectivity index (χ4n) is 3.75. The Kier molecular flexibility index (Phi) is 11.3. The average Bonchev–Trinajstić information content (AvgIpc) is 3.14. The van der Waals surface area contributed by atoms with E-state index < -0.39 is 0 Å². The highest BCUT2D eigenvalue weighted by molar-refractivity contribution is 6.35. The van der Waals surface area contributed by atoms with Crippen LogP contribution in [0.3, 0.4) is 0 Å². The van der Waals surface area contributed by atoms with Gasteiger partial charge in [-0.2, -0.15) is 0 Å². The van der Waals surface area contributed by atoms with Crippen molar-refractivity contribution in [2.45, 2.75) is 32.6 Å². The standard InChI is InChI=1S/C31H34Cl2N2O/c1-4-6-7-19-36-20-8-10-25(9-5-2)26-14-11-24(12-15-26)13-18-31-34-30(23-35(31)3)27-16-17-28(32)22-29(33)21-27/h5,8-18,22-23H,2,4,6-7,19-21H2,1,3H3/b10-8-,18-13+,25-9+. The lowest BCUT2D eigenvalue weighted by Crippen LogP contribution is -1.94. The number of hydrogen-bond acceptors (Lipinski definition) is 2. The normalized spacial score (nSPS) is 14.7. The molecule has 0 radical (unpaired) electrons. The number of nitrogens with zero attached hydrogens (tertiary/aromatic N) is 2. The third-order valence-electron chi connectivity index (χ3n) is 5.71. The molecule has 188 valence electrons. The highest BCUT2D eigenvalue weighted by Crippen LogP contribution is 2.29. The molecule has 0 saturated heterocycles. The molecule has 0 spiro atoms. The smallest absolute Gasteiger partial charge is 0.133 e. The Bertz CT molecular complexity index is 1210. The molecule has 3 rings (SSSR count). The molecule has 0 fully saturated rings. The van der Waals surface area contributed by atoms with Crippen LogP contribution in [0.15, 0.2) is 89.6 Å². The summed E-state index contributed by atoms with van der Waals surface area (Å²) in [5, 5.41) is 1.31. The van der Waals surface area contributed by atoms with E-state index in [1.165, 1.54) is 12.8 Å². The Balaban J connectivity index is 1.65. The first-order valence-corrected chi connectivity index (χ1v) is 13.1. The van der Waals surface area contributed by atoms with E-state index in [1.807, 2.05) is 48.2 Å². The Morgan fingerprint density at radius 1 is 1.14 bits per heavy atom. The van der Waals surface area contributed by atoms with Crippen molar-refractivity contribution in [3.63, 3.8) is 0 Å². The molecule has 36 heavy (non-hydrogen) atoms. The van der Waals surface area contributed by atoms with Crippen LogP contribution in [0.5, 0.6) is 0 Å². The van der Waals surface area contributed by atoms with Gasteiger partial charge in [-0.3, -0.25) is 0 Å². The first-order valence-electron chi connectivity index (χ1n) is 12.3. The van der Waals surface area contributed by atoms with Gasteiger partial charge in [-0.25, -0.2) is 4.98 Å². The third kappa shape index (κ3) is 8.67. The Morgan fingerprint density at radius 2 is 1.94 bits per heavy atom. The van der Waals surface area contributed by atoms with Gasteiger partial charge in [-0.15, -0.1) is 0 Å². The highest BCUT2D eigenvalue weighted by atomic mass is 35.5. The van der Waals surface area contributed by atoms with Crippen LogP contribution in [-0.4, -0.2) is 22.8 Å². The van der Waals surface area contributed by atoms with Gasteiger partial charge in [0.15, 0.2) is 0 Å². The summed E-state index contributed by atoms with van der Waals surface area (Å²) in [4.78, 5) is 4.79. The summed E-state index contributed by atoms with van der Waals surface area (Å²) in [6.45, 7) is 7.48. The molecule has 1 aliphatic carbocycles. The van der Waals surface area contributed by atoms with Gasteiger partial charge < -0.3 is 9.30 Å². The molecule has 1 heterocycles. The second kappa shape index (κ2) is 14.6. The zero-order chi connectivity index (χ0) is 25.8. The second-order valence-corrected chi connectivity index (χ2v) is 9.53. The van der Waals surface area contributed by atoms with E-state index in [-0.39, 0.29) is 0 Å². The van der Waals surface area contributed by atoms with Gasteiger partial charge in [0.1, 0.15) is 5.82 Å². The number of ether oxygens (including phenoxy) is 1. The van der Waals surface area contributed by atoms with Crippen LogP contribution in [0, 0.1) is 0 Å². The predicted molar refractivity (Wildman–Crippen MR) is 157 cm³/mol. The quantitative estimate of drug-likeness (QED) is 0.206. The summed E-state index contributed by atoms with van der Waals surface area (Å²) in [5.74, 6) is 0.864. The zero-order valence-electron chi connectivity index (χ0n) is 21.1. The summed E-state index contributed by atoms with van der Waals surface area (Å²) in [6.07, 6.45) is 23.8. The van der Waals surface area contributed by atoms with E-state index in [0.717, 1.165) is 46.8 Å². The minimum atomic E-state index is 0.607. The van der Waals surface area contributed by atoms with E-state index in [0.29, 0.717) is 23.1 Å². The van der Waals surface area contributed by atoms with Gasteiger partial charge >= 0.3 is 0 Å². The molecule has 0 atom stereocenters. The lowest BCUT2D eigenvalue weighted by molar-refractivity contribution is 0.157. The molecular weight excluding hydrogens is 487 g/mol. The van der Waals surface area contributed by atoms with Crippen LogP contribution in [0.25, 0.3) is 23.3 Å². The lowest BCUT2D eigenvalue weighted by atomic mass is 10.0. The van der Waals surface area contributed by atoms with Crippen molar-refractivity contribution in [1.82, 2.24) is 9.55 Å². The fourth-order valence-corrected chi connectivity index (χ4v) is 4.26. The van der Waals surface area contributed by atoms with Crippen molar-refractivity contribution in [3.05, 3.63) is 112 Å². The topological polar surface area (TPSA) is 27.1 Å². The summed E-state index contributed by atoms with van der Waals surface area (Å²) in [5.41, 5.74) is 5.25. The molecule has 5 heteroatoms. The van der Waals surface area contributed by atoms with Gasteiger partial charge in [0, 0.05) is 36.3 Å². The van der Waals surface area contributed by atoms with Gasteiger partial charge in [0.05, 0.1) is 12.3 Å². The minimum absolute atomic E-state index is 0.607. The number of imidazole rings is 1. The van der Waals surface area contributed by atoms with E-state index in [1.54, 1.807) is 6.08 Å².